The lowest BCUT2D eigenvalue weighted by Gasteiger charge is -2.16. The topological polar surface area (TPSA) is 64.3 Å². The van der Waals surface area contributed by atoms with Crippen molar-refractivity contribution in [2.45, 2.75) is 26.5 Å². The van der Waals surface area contributed by atoms with E-state index in [9.17, 15) is 9.18 Å². The molecule has 0 aliphatic rings. The first-order valence-electron chi connectivity index (χ1n) is 5.51. The predicted molar refractivity (Wildman–Crippen MR) is 63.1 cm³/mol. The maximum atomic E-state index is 13.0. The molecule has 3 N–H and O–H groups in total. The molecule has 0 spiro atoms. The maximum Gasteiger partial charge on any atom is 0.260 e. The van der Waals surface area contributed by atoms with Crippen LogP contribution in [0.2, 0.25) is 0 Å². The van der Waals surface area contributed by atoms with E-state index < -0.39 is 6.10 Å². The number of hydrogen-bond acceptors (Lipinski definition) is 3. The molecule has 0 saturated heterocycles. The minimum atomic E-state index is -0.634. The molecule has 5 heteroatoms. The summed E-state index contributed by atoms with van der Waals surface area (Å²) < 4.78 is 18.4. The van der Waals surface area contributed by atoms with E-state index in [-0.39, 0.29) is 18.3 Å². The van der Waals surface area contributed by atoms with Gasteiger partial charge in [-0.1, -0.05) is 0 Å². The molecule has 17 heavy (non-hydrogen) atoms. The highest BCUT2D eigenvalue weighted by atomic mass is 19.1. The molecule has 0 saturated carbocycles. The van der Waals surface area contributed by atoms with Crippen LogP contribution in [0.4, 0.5) is 4.39 Å². The van der Waals surface area contributed by atoms with E-state index in [4.69, 9.17) is 10.5 Å². The first kappa shape index (κ1) is 13.4. The van der Waals surface area contributed by atoms with Crippen molar-refractivity contribution in [2.24, 2.45) is 5.73 Å². The number of benzene rings is 1. The van der Waals surface area contributed by atoms with E-state index in [1.807, 2.05) is 6.92 Å². The van der Waals surface area contributed by atoms with Gasteiger partial charge in [0, 0.05) is 18.7 Å². The lowest BCUT2D eigenvalue weighted by molar-refractivity contribution is -0.127. The van der Waals surface area contributed by atoms with E-state index in [1.54, 1.807) is 6.92 Å². The van der Waals surface area contributed by atoms with Crippen molar-refractivity contribution in [3.05, 3.63) is 29.6 Å². The summed E-state index contributed by atoms with van der Waals surface area (Å²) >= 11 is 0. The molecular weight excluding hydrogens is 223 g/mol. The lowest BCUT2D eigenvalue weighted by atomic mass is 10.2. The summed E-state index contributed by atoms with van der Waals surface area (Å²) in [5.74, 6) is -0.143. The fourth-order valence-electron chi connectivity index (χ4n) is 1.38. The Labute approximate surface area is 100.0 Å². The summed E-state index contributed by atoms with van der Waals surface area (Å²) in [5.41, 5.74) is 6.03. The number of nitrogens with one attached hydrogen (secondary N) is 1. The van der Waals surface area contributed by atoms with Crippen LogP contribution in [0, 0.1) is 5.82 Å². The van der Waals surface area contributed by atoms with Gasteiger partial charge in [-0.15, -0.1) is 0 Å². The number of hydrogen-bond donors (Lipinski definition) is 2. The molecule has 1 atom stereocenters. The number of halogens is 1. The molecule has 4 nitrogen and oxygen atoms in total. The maximum absolute atomic E-state index is 13.0. The normalized spacial score (nSPS) is 12.0. The monoisotopic (exact) mass is 240 g/mol. The van der Waals surface area contributed by atoms with Crippen molar-refractivity contribution in [1.29, 1.82) is 0 Å². The van der Waals surface area contributed by atoms with Crippen LogP contribution in [-0.4, -0.2) is 18.6 Å². The van der Waals surface area contributed by atoms with Gasteiger partial charge in [-0.05, 0) is 32.0 Å². The molecule has 1 amide bonds. The summed E-state index contributed by atoms with van der Waals surface area (Å²) in [6.07, 6.45) is -0.634. The largest absolute Gasteiger partial charge is 0.481 e. The molecule has 1 aromatic rings. The van der Waals surface area contributed by atoms with Gasteiger partial charge in [0.05, 0.1) is 0 Å². The third kappa shape index (κ3) is 3.71. The molecule has 0 aliphatic heterocycles. The van der Waals surface area contributed by atoms with Crippen LogP contribution in [0.15, 0.2) is 18.2 Å². The van der Waals surface area contributed by atoms with Gasteiger partial charge in [0.15, 0.2) is 6.10 Å². The Morgan fingerprint density at radius 3 is 2.88 bits per heavy atom. The fourth-order valence-corrected chi connectivity index (χ4v) is 1.38. The van der Waals surface area contributed by atoms with Crippen LogP contribution in [0.25, 0.3) is 0 Å². The Kier molecular flexibility index (Phi) is 4.90. The van der Waals surface area contributed by atoms with Gasteiger partial charge in [0.25, 0.3) is 5.91 Å². The molecule has 0 heterocycles. The molecule has 1 aromatic carbocycles. The van der Waals surface area contributed by atoms with Gasteiger partial charge < -0.3 is 15.8 Å². The van der Waals surface area contributed by atoms with Crippen molar-refractivity contribution in [1.82, 2.24) is 5.32 Å². The molecular formula is C12H17FN2O2. The van der Waals surface area contributed by atoms with Crippen LogP contribution < -0.4 is 15.8 Å². The van der Waals surface area contributed by atoms with Gasteiger partial charge in [-0.3, -0.25) is 4.79 Å². The van der Waals surface area contributed by atoms with E-state index >= 15 is 0 Å². The molecule has 1 rings (SSSR count). The molecule has 0 bridgehead atoms. The highest BCUT2D eigenvalue weighted by Gasteiger charge is 2.15. The highest BCUT2D eigenvalue weighted by Crippen LogP contribution is 2.20. The van der Waals surface area contributed by atoms with E-state index in [0.717, 1.165) is 0 Å². The number of ether oxygens (including phenoxy) is 1. The minimum Gasteiger partial charge on any atom is -0.481 e. The van der Waals surface area contributed by atoms with Crippen LogP contribution in [0.5, 0.6) is 5.75 Å². The Bertz CT molecular complexity index is 396. The number of nitrogens with two attached hydrogens (primary N) is 1. The average molecular weight is 240 g/mol. The van der Waals surface area contributed by atoms with Gasteiger partial charge in [0.1, 0.15) is 11.6 Å². The van der Waals surface area contributed by atoms with E-state index in [2.05, 4.69) is 5.32 Å². The van der Waals surface area contributed by atoms with E-state index in [0.29, 0.717) is 17.9 Å². The Balaban J connectivity index is 2.77. The van der Waals surface area contributed by atoms with Crippen molar-refractivity contribution in [3.8, 4) is 5.75 Å². The highest BCUT2D eigenvalue weighted by molar-refractivity contribution is 5.80. The molecule has 0 radical (unpaired) electrons. The second kappa shape index (κ2) is 6.20. The van der Waals surface area contributed by atoms with Crippen molar-refractivity contribution in [2.75, 3.05) is 6.54 Å². The van der Waals surface area contributed by atoms with Crippen LogP contribution in [0.1, 0.15) is 19.4 Å². The van der Waals surface area contributed by atoms with Gasteiger partial charge >= 0.3 is 0 Å². The third-order valence-corrected chi connectivity index (χ3v) is 2.27. The Morgan fingerprint density at radius 2 is 2.29 bits per heavy atom. The van der Waals surface area contributed by atoms with Gasteiger partial charge in [-0.25, -0.2) is 4.39 Å². The van der Waals surface area contributed by atoms with E-state index in [1.165, 1.54) is 18.2 Å². The molecule has 0 aliphatic carbocycles. The zero-order valence-electron chi connectivity index (χ0n) is 10.00. The van der Waals surface area contributed by atoms with Crippen LogP contribution in [0.3, 0.4) is 0 Å². The smallest absolute Gasteiger partial charge is 0.260 e. The summed E-state index contributed by atoms with van der Waals surface area (Å²) in [4.78, 5) is 11.5. The zero-order valence-corrected chi connectivity index (χ0v) is 10.00. The first-order chi connectivity index (χ1) is 8.08. The molecule has 0 aromatic heterocycles. The van der Waals surface area contributed by atoms with Gasteiger partial charge in [-0.2, -0.15) is 0 Å². The van der Waals surface area contributed by atoms with Crippen molar-refractivity contribution < 1.29 is 13.9 Å². The van der Waals surface area contributed by atoms with Crippen LogP contribution in [-0.2, 0) is 11.3 Å². The van der Waals surface area contributed by atoms with Crippen LogP contribution >= 0.6 is 0 Å². The quantitative estimate of drug-likeness (QED) is 0.812. The predicted octanol–water partition coefficient (Wildman–Crippen LogP) is 1.19. The van der Waals surface area contributed by atoms with Crippen molar-refractivity contribution >= 4 is 5.91 Å². The number of carbonyl (C=O) groups is 1. The summed E-state index contributed by atoms with van der Waals surface area (Å²) in [6, 6.07) is 4.06. The number of amides is 1. The summed E-state index contributed by atoms with van der Waals surface area (Å²) in [5, 5.41) is 2.65. The fraction of sp³-hybridized carbons (Fsp3) is 0.417. The lowest BCUT2D eigenvalue weighted by Crippen LogP contribution is -2.36. The first-order valence-corrected chi connectivity index (χ1v) is 5.51. The second-order valence-corrected chi connectivity index (χ2v) is 3.61. The number of likely N-dealkylation sites (N-methyl/N-ethyl adjacent to an activating group) is 1. The second-order valence-electron chi connectivity index (χ2n) is 3.61. The average Bonchev–Trinajstić information content (AvgIpc) is 2.31. The third-order valence-electron chi connectivity index (χ3n) is 2.27. The molecule has 0 fully saturated rings. The summed E-state index contributed by atoms with van der Waals surface area (Å²) in [7, 11) is 0. The Hall–Kier alpha value is -1.62. The molecule has 94 valence electrons. The zero-order chi connectivity index (χ0) is 12.8. The standard InChI is InChI=1S/C12H17FN2O2/c1-3-15-12(16)8(2)17-11-5-4-10(13)6-9(11)7-14/h4-6,8H,3,7,14H2,1-2H3,(H,15,16). The summed E-state index contributed by atoms with van der Waals surface area (Å²) in [6.45, 7) is 4.16. The minimum absolute atomic E-state index is 0.162. The molecule has 1 unspecified atom stereocenters. The Morgan fingerprint density at radius 1 is 1.59 bits per heavy atom. The van der Waals surface area contributed by atoms with Crippen molar-refractivity contribution in [3.63, 3.8) is 0 Å². The SMILES string of the molecule is CCNC(=O)C(C)Oc1ccc(F)cc1CN. The number of carbonyl (C=O) groups excluding carboxylic acids is 1. The van der Waals surface area contributed by atoms with Gasteiger partial charge in [0.2, 0.25) is 0 Å². The number of rotatable bonds is 5.